The molecule has 4 rings (SSSR count). The van der Waals surface area contributed by atoms with E-state index < -0.39 is 18.1 Å². The van der Waals surface area contributed by atoms with E-state index in [0.29, 0.717) is 18.4 Å². The average Bonchev–Trinajstić information content (AvgIpc) is 2.81. The van der Waals surface area contributed by atoms with Crippen LogP contribution < -0.4 is 0 Å². The van der Waals surface area contributed by atoms with Crippen LogP contribution in [0.15, 0.2) is 12.2 Å². The van der Waals surface area contributed by atoms with E-state index in [0.717, 1.165) is 12.8 Å². The molecule has 2 bridgehead atoms. The highest BCUT2D eigenvalue weighted by atomic mass is 16.5. The molecule has 1 aliphatic heterocycles. The molecule has 1 saturated carbocycles. The van der Waals surface area contributed by atoms with Crippen LogP contribution in [0.3, 0.4) is 0 Å². The molecule has 5 atom stereocenters. The van der Waals surface area contributed by atoms with Crippen molar-refractivity contribution in [3.63, 3.8) is 0 Å². The Morgan fingerprint density at radius 2 is 1.94 bits per heavy atom. The quantitative estimate of drug-likeness (QED) is 0.564. The summed E-state index contributed by atoms with van der Waals surface area (Å²) < 4.78 is 4.80. The van der Waals surface area contributed by atoms with E-state index in [9.17, 15) is 14.7 Å². The molecule has 1 amide bonds. The minimum atomic E-state index is -1.01. The van der Waals surface area contributed by atoms with Gasteiger partial charge in [0.05, 0.1) is 7.11 Å². The topological polar surface area (TPSA) is 66.8 Å². The first-order chi connectivity index (χ1) is 8.63. The van der Waals surface area contributed by atoms with Gasteiger partial charge < -0.3 is 9.84 Å². The van der Waals surface area contributed by atoms with Gasteiger partial charge in [-0.05, 0) is 30.6 Å². The highest BCUT2D eigenvalue weighted by Gasteiger charge is 2.55. The number of carboxylic acid groups (broad SMARTS) is 1. The predicted octanol–water partition coefficient (Wildman–Crippen LogP) is 1.35. The Balaban J connectivity index is 1.95. The van der Waals surface area contributed by atoms with Gasteiger partial charge in [0, 0.05) is 12.5 Å². The first kappa shape index (κ1) is 11.6. The number of rotatable bonds is 1. The lowest BCUT2D eigenvalue weighted by atomic mass is 9.62. The van der Waals surface area contributed by atoms with Gasteiger partial charge in [-0.2, -0.15) is 0 Å². The van der Waals surface area contributed by atoms with E-state index in [1.807, 2.05) is 0 Å². The molecule has 0 radical (unpaired) electrons. The van der Waals surface area contributed by atoms with Crippen LogP contribution in [0.2, 0.25) is 0 Å². The van der Waals surface area contributed by atoms with Crippen LogP contribution in [0.5, 0.6) is 0 Å². The van der Waals surface area contributed by atoms with E-state index in [-0.39, 0.29) is 11.8 Å². The summed E-state index contributed by atoms with van der Waals surface area (Å²) >= 11 is 0. The predicted molar refractivity (Wildman–Crippen MR) is 62.9 cm³/mol. The molecule has 4 aliphatic rings. The maximum Gasteiger partial charge on any atom is 0.408 e. The summed E-state index contributed by atoms with van der Waals surface area (Å²) in [7, 11) is 1.33. The third-order valence-electron chi connectivity index (χ3n) is 4.77. The van der Waals surface area contributed by atoms with Crippen LogP contribution in [-0.2, 0) is 9.53 Å². The molecular weight excluding hydrogens is 234 g/mol. The largest absolute Gasteiger partial charge is 0.467 e. The van der Waals surface area contributed by atoms with E-state index in [4.69, 9.17) is 4.74 Å². The number of amides is 1. The summed E-state index contributed by atoms with van der Waals surface area (Å²) in [6.07, 6.45) is 5.53. The standard InChI is InChI=1S/C13H17NO4/c1-18-12(15)11-10-8-4-2-7(3-5-8)9(10)6-14(11)13(16)17/h2,4,7-11H,3,5-6H2,1H3,(H,16,17)/t7-,8+,9-,10+,11+/m1/s1. The highest BCUT2D eigenvalue weighted by molar-refractivity contribution is 5.82. The van der Waals surface area contributed by atoms with Crippen LogP contribution >= 0.6 is 0 Å². The minimum Gasteiger partial charge on any atom is -0.467 e. The van der Waals surface area contributed by atoms with E-state index in [1.165, 1.54) is 12.0 Å². The van der Waals surface area contributed by atoms with Crippen molar-refractivity contribution in [2.45, 2.75) is 18.9 Å². The summed E-state index contributed by atoms with van der Waals surface area (Å²) in [6.45, 7) is 0.464. The summed E-state index contributed by atoms with van der Waals surface area (Å²) in [5.41, 5.74) is 0. The van der Waals surface area contributed by atoms with Crippen molar-refractivity contribution in [3.05, 3.63) is 12.2 Å². The van der Waals surface area contributed by atoms with Crippen molar-refractivity contribution in [3.8, 4) is 0 Å². The summed E-state index contributed by atoms with van der Waals surface area (Å²) in [5.74, 6) is 0.738. The first-order valence-electron chi connectivity index (χ1n) is 6.39. The maximum absolute atomic E-state index is 11.9. The third-order valence-corrected chi connectivity index (χ3v) is 4.77. The number of esters is 1. The molecule has 5 heteroatoms. The third kappa shape index (κ3) is 1.46. The number of likely N-dealkylation sites (tertiary alicyclic amines) is 1. The van der Waals surface area contributed by atoms with Crippen molar-refractivity contribution < 1.29 is 19.4 Å². The number of ether oxygens (including phenoxy) is 1. The summed E-state index contributed by atoms with van der Waals surface area (Å²) in [5, 5.41) is 9.27. The van der Waals surface area contributed by atoms with E-state index >= 15 is 0 Å². The molecule has 0 spiro atoms. The number of fused-ring (bicyclic) bond motifs is 1. The zero-order chi connectivity index (χ0) is 12.9. The first-order valence-corrected chi connectivity index (χ1v) is 6.39. The van der Waals surface area contributed by atoms with Gasteiger partial charge in [-0.15, -0.1) is 0 Å². The zero-order valence-corrected chi connectivity index (χ0v) is 10.3. The van der Waals surface area contributed by atoms with Crippen LogP contribution in [-0.4, -0.2) is 41.8 Å². The second-order valence-corrected chi connectivity index (χ2v) is 5.43. The van der Waals surface area contributed by atoms with Gasteiger partial charge in [0.2, 0.25) is 0 Å². The molecule has 0 aromatic rings. The van der Waals surface area contributed by atoms with Crippen LogP contribution in [0.1, 0.15) is 12.8 Å². The molecule has 0 aromatic carbocycles. The zero-order valence-electron chi connectivity index (χ0n) is 10.3. The maximum atomic E-state index is 11.9. The van der Waals surface area contributed by atoms with E-state index in [1.54, 1.807) is 0 Å². The van der Waals surface area contributed by atoms with Gasteiger partial charge in [0.15, 0.2) is 0 Å². The Kier molecular flexibility index (Phi) is 2.57. The number of hydrogen-bond acceptors (Lipinski definition) is 3. The van der Waals surface area contributed by atoms with Crippen molar-refractivity contribution in [2.24, 2.45) is 23.7 Å². The van der Waals surface area contributed by atoms with Crippen LogP contribution in [0.25, 0.3) is 0 Å². The molecule has 0 unspecified atom stereocenters. The van der Waals surface area contributed by atoms with Gasteiger partial charge in [-0.3, -0.25) is 4.90 Å². The van der Waals surface area contributed by atoms with Crippen molar-refractivity contribution >= 4 is 12.1 Å². The molecule has 1 heterocycles. The number of methoxy groups -OCH3 is 1. The lowest BCUT2D eigenvalue weighted by Crippen LogP contribution is -2.46. The Morgan fingerprint density at radius 1 is 1.28 bits per heavy atom. The number of nitrogens with zero attached hydrogens (tertiary/aromatic N) is 1. The van der Waals surface area contributed by atoms with Crippen molar-refractivity contribution in [2.75, 3.05) is 13.7 Å². The number of allylic oxidation sites excluding steroid dienone is 2. The number of hydrogen-bond donors (Lipinski definition) is 1. The molecule has 1 N–H and O–H groups in total. The minimum absolute atomic E-state index is 0.109. The fraction of sp³-hybridized carbons (Fsp3) is 0.692. The van der Waals surface area contributed by atoms with Crippen LogP contribution in [0, 0.1) is 23.7 Å². The van der Waals surface area contributed by atoms with Gasteiger partial charge in [-0.1, -0.05) is 12.2 Å². The SMILES string of the molecule is COC(=O)[C@@H]1[C@@H]2[C@H](CN1C(=O)O)[C@@H]1C=C[C@H]2CC1. The van der Waals surface area contributed by atoms with Gasteiger partial charge in [0.1, 0.15) is 6.04 Å². The normalized spacial score (nSPS) is 40.7. The number of carbonyl (C=O) groups excluding carboxylic acids is 1. The molecule has 18 heavy (non-hydrogen) atoms. The van der Waals surface area contributed by atoms with Crippen molar-refractivity contribution in [1.82, 2.24) is 4.90 Å². The van der Waals surface area contributed by atoms with Gasteiger partial charge >= 0.3 is 12.1 Å². The lowest BCUT2D eigenvalue weighted by Gasteiger charge is -2.41. The number of carbonyl (C=O) groups is 2. The average molecular weight is 251 g/mol. The highest BCUT2D eigenvalue weighted by Crippen LogP contribution is 2.51. The molecule has 5 nitrogen and oxygen atoms in total. The summed E-state index contributed by atoms with van der Waals surface area (Å²) in [4.78, 5) is 24.5. The van der Waals surface area contributed by atoms with Gasteiger partial charge in [-0.25, -0.2) is 9.59 Å². The van der Waals surface area contributed by atoms with Crippen molar-refractivity contribution in [1.29, 1.82) is 0 Å². The molecular formula is C13H17NO4. The van der Waals surface area contributed by atoms with E-state index in [2.05, 4.69) is 12.2 Å². The smallest absolute Gasteiger partial charge is 0.408 e. The fourth-order valence-electron chi connectivity index (χ4n) is 4.02. The molecule has 1 saturated heterocycles. The van der Waals surface area contributed by atoms with Crippen LogP contribution in [0.4, 0.5) is 4.79 Å². The van der Waals surface area contributed by atoms with Gasteiger partial charge in [0.25, 0.3) is 0 Å². The molecule has 98 valence electrons. The monoisotopic (exact) mass is 251 g/mol. The Labute approximate surface area is 105 Å². The Morgan fingerprint density at radius 3 is 2.50 bits per heavy atom. The fourth-order valence-corrected chi connectivity index (χ4v) is 4.02. The molecule has 0 aromatic heterocycles. The second kappa shape index (κ2) is 4.00. The molecule has 2 fully saturated rings. The summed E-state index contributed by atoms with van der Waals surface area (Å²) in [6, 6.07) is -0.616. The Hall–Kier alpha value is -1.52. The second-order valence-electron chi connectivity index (χ2n) is 5.43. The molecule has 3 aliphatic carbocycles. The Bertz CT molecular complexity index is 419. The lowest BCUT2D eigenvalue weighted by molar-refractivity contribution is -0.147.